The third kappa shape index (κ3) is 4.21. The van der Waals surface area contributed by atoms with E-state index in [1.54, 1.807) is 11.8 Å². The van der Waals surface area contributed by atoms with Crippen molar-refractivity contribution in [3.8, 4) is 0 Å². The largest absolute Gasteiger partial charge is 0.481 e. The van der Waals surface area contributed by atoms with E-state index in [4.69, 9.17) is 0 Å². The predicted octanol–water partition coefficient (Wildman–Crippen LogP) is 3.55. The van der Waals surface area contributed by atoms with E-state index in [-0.39, 0.29) is 24.3 Å². The maximum Gasteiger partial charge on any atom is 0.310 e. The average molecular weight is 297 g/mol. The molecule has 1 amide bonds. The second kappa shape index (κ2) is 7.28. The molecule has 0 aromatic heterocycles. The molecule has 0 saturated heterocycles. The molecule has 21 heavy (non-hydrogen) atoms. The van der Waals surface area contributed by atoms with Crippen molar-refractivity contribution >= 4 is 11.9 Å². The number of nitrogens with zero attached hydrogens (tertiary/aromatic N) is 1. The molecule has 0 aliphatic heterocycles. The summed E-state index contributed by atoms with van der Waals surface area (Å²) in [6, 6.07) is 0.283. The zero-order chi connectivity index (χ0) is 16.2. The van der Waals surface area contributed by atoms with Gasteiger partial charge in [0, 0.05) is 19.5 Å². The normalized spacial score (nSPS) is 25.4. The number of hydrogen-bond donors (Lipinski definition) is 1. The number of carbonyl (C=O) groups excluding carboxylic acids is 1. The molecule has 1 atom stereocenters. The Bertz CT molecular complexity index is 372. The molecule has 1 aliphatic carbocycles. The number of carboxylic acid groups (broad SMARTS) is 1. The number of amides is 1. The Morgan fingerprint density at radius 1 is 1.24 bits per heavy atom. The van der Waals surface area contributed by atoms with Gasteiger partial charge in [0.05, 0.1) is 5.41 Å². The molecular formula is C17H31NO3. The molecule has 1 N–H and O–H groups in total. The number of hydrogen-bond acceptors (Lipinski definition) is 2. The lowest BCUT2D eigenvalue weighted by Crippen LogP contribution is -2.44. The van der Waals surface area contributed by atoms with Crippen LogP contribution in [-0.4, -0.2) is 35.0 Å². The summed E-state index contributed by atoms with van der Waals surface area (Å²) in [6.45, 7) is 7.64. The van der Waals surface area contributed by atoms with Crippen molar-refractivity contribution in [2.24, 2.45) is 17.3 Å². The maximum atomic E-state index is 12.5. The Morgan fingerprint density at radius 2 is 1.76 bits per heavy atom. The van der Waals surface area contributed by atoms with Gasteiger partial charge in [-0.1, -0.05) is 27.2 Å². The lowest BCUT2D eigenvalue weighted by Gasteiger charge is -2.37. The molecule has 1 saturated carbocycles. The molecular weight excluding hydrogens is 266 g/mol. The van der Waals surface area contributed by atoms with Crippen LogP contribution in [0.4, 0.5) is 0 Å². The first kappa shape index (κ1) is 18.0. The minimum absolute atomic E-state index is 0.0338. The number of carboxylic acids is 1. The molecule has 1 unspecified atom stereocenters. The summed E-state index contributed by atoms with van der Waals surface area (Å²) < 4.78 is 0. The van der Waals surface area contributed by atoms with Gasteiger partial charge >= 0.3 is 5.97 Å². The Labute approximate surface area is 128 Å². The molecule has 122 valence electrons. The van der Waals surface area contributed by atoms with E-state index < -0.39 is 11.4 Å². The van der Waals surface area contributed by atoms with E-state index in [0.29, 0.717) is 0 Å². The number of aliphatic carboxylic acids is 1. The third-order valence-electron chi connectivity index (χ3n) is 5.62. The number of rotatable bonds is 6. The zero-order valence-corrected chi connectivity index (χ0v) is 14.2. The maximum absolute atomic E-state index is 12.5. The van der Waals surface area contributed by atoms with E-state index in [9.17, 15) is 14.7 Å². The van der Waals surface area contributed by atoms with Crippen LogP contribution in [0, 0.1) is 17.3 Å². The summed E-state index contributed by atoms with van der Waals surface area (Å²) in [5.41, 5.74) is -0.980. The summed E-state index contributed by atoms with van der Waals surface area (Å²) in [7, 11) is 1.84. The molecule has 1 fully saturated rings. The van der Waals surface area contributed by atoms with Gasteiger partial charge < -0.3 is 10.0 Å². The Balaban J connectivity index is 2.64. The van der Waals surface area contributed by atoms with Crippen LogP contribution in [0.2, 0.25) is 0 Å². The second-order valence-electron chi connectivity index (χ2n) is 7.14. The molecule has 0 bridgehead atoms. The van der Waals surface area contributed by atoms with Crippen LogP contribution in [0.15, 0.2) is 0 Å². The summed E-state index contributed by atoms with van der Waals surface area (Å²) in [5, 5.41) is 9.44. The summed E-state index contributed by atoms with van der Waals surface area (Å²) in [6.07, 6.45) is 5.76. The van der Waals surface area contributed by atoms with Crippen LogP contribution >= 0.6 is 0 Å². The van der Waals surface area contributed by atoms with Crippen molar-refractivity contribution in [1.82, 2.24) is 4.90 Å². The van der Waals surface area contributed by atoms with Gasteiger partial charge in [0.25, 0.3) is 0 Å². The second-order valence-corrected chi connectivity index (χ2v) is 7.14. The quantitative estimate of drug-likeness (QED) is 0.815. The lowest BCUT2D eigenvalue weighted by molar-refractivity contribution is -0.155. The van der Waals surface area contributed by atoms with Gasteiger partial charge in [0.2, 0.25) is 5.91 Å². The van der Waals surface area contributed by atoms with E-state index in [2.05, 4.69) is 6.92 Å². The van der Waals surface area contributed by atoms with Gasteiger partial charge in [-0.25, -0.2) is 0 Å². The molecule has 4 nitrogen and oxygen atoms in total. The van der Waals surface area contributed by atoms with Crippen molar-refractivity contribution in [3.05, 3.63) is 0 Å². The van der Waals surface area contributed by atoms with Crippen LogP contribution in [0.1, 0.15) is 66.2 Å². The Kier molecular flexibility index (Phi) is 6.24. The van der Waals surface area contributed by atoms with Crippen molar-refractivity contribution in [1.29, 1.82) is 0 Å². The first-order valence-electron chi connectivity index (χ1n) is 8.21. The fourth-order valence-electron chi connectivity index (χ4n) is 3.11. The van der Waals surface area contributed by atoms with E-state index >= 15 is 0 Å². The Morgan fingerprint density at radius 3 is 2.14 bits per heavy atom. The SMILES string of the molecule is CCC1CCC(N(C)C(=O)CC(C)(C(=O)O)C(C)C)CC1. The van der Waals surface area contributed by atoms with Crippen LogP contribution in [0.5, 0.6) is 0 Å². The van der Waals surface area contributed by atoms with Gasteiger partial charge in [-0.15, -0.1) is 0 Å². The minimum Gasteiger partial charge on any atom is -0.481 e. The molecule has 0 radical (unpaired) electrons. The molecule has 1 aliphatic rings. The standard InChI is InChI=1S/C17H31NO3/c1-6-13-7-9-14(10-8-13)18(5)15(19)11-17(4,12(2)3)16(20)21/h12-14H,6-11H2,1-5H3,(H,20,21). The van der Waals surface area contributed by atoms with Crippen LogP contribution in [0.25, 0.3) is 0 Å². The molecule has 0 aromatic rings. The van der Waals surface area contributed by atoms with E-state index in [1.165, 1.54) is 19.3 Å². The topological polar surface area (TPSA) is 57.6 Å². The van der Waals surface area contributed by atoms with Gasteiger partial charge in [-0.3, -0.25) is 9.59 Å². The van der Waals surface area contributed by atoms with E-state index in [0.717, 1.165) is 18.8 Å². The van der Waals surface area contributed by atoms with Gasteiger partial charge in [0.1, 0.15) is 0 Å². The summed E-state index contributed by atoms with van der Waals surface area (Å²) in [4.78, 5) is 25.8. The summed E-state index contributed by atoms with van der Waals surface area (Å²) in [5.74, 6) is -0.185. The molecule has 0 aromatic carbocycles. The monoisotopic (exact) mass is 297 g/mol. The first-order chi connectivity index (χ1) is 9.72. The molecule has 1 rings (SSSR count). The average Bonchev–Trinajstić information content (AvgIpc) is 2.45. The first-order valence-corrected chi connectivity index (χ1v) is 8.21. The highest BCUT2D eigenvalue weighted by Crippen LogP contribution is 2.34. The molecule has 0 heterocycles. The predicted molar refractivity (Wildman–Crippen MR) is 84.0 cm³/mol. The van der Waals surface area contributed by atoms with Crippen LogP contribution in [-0.2, 0) is 9.59 Å². The summed E-state index contributed by atoms with van der Waals surface area (Å²) >= 11 is 0. The van der Waals surface area contributed by atoms with Crippen molar-refractivity contribution in [2.45, 2.75) is 72.3 Å². The zero-order valence-electron chi connectivity index (χ0n) is 14.2. The minimum atomic E-state index is -0.980. The van der Waals surface area contributed by atoms with Gasteiger partial charge in [0.15, 0.2) is 0 Å². The molecule has 0 spiro atoms. The highest BCUT2D eigenvalue weighted by atomic mass is 16.4. The van der Waals surface area contributed by atoms with Crippen LogP contribution < -0.4 is 0 Å². The number of carbonyl (C=O) groups is 2. The van der Waals surface area contributed by atoms with Gasteiger partial charge in [-0.2, -0.15) is 0 Å². The highest BCUT2D eigenvalue weighted by Gasteiger charge is 2.40. The smallest absolute Gasteiger partial charge is 0.310 e. The van der Waals surface area contributed by atoms with Gasteiger partial charge in [-0.05, 0) is 44.4 Å². The van der Waals surface area contributed by atoms with Crippen molar-refractivity contribution in [2.75, 3.05) is 7.05 Å². The van der Waals surface area contributed by atoms with Crippen molar-refractivity contribution < 1.29 is 14.7 Å². The van der Waals surface area contributed by atoms with Crippen LogP contribution in [0.3, 0.4) is 0 Å². The van der Waals surface area contributed by atoms with E-state index in [1.807, 2.05) is 20.9 Å². The Hall–Kier alpha value is -1.06. The molecule has 4 heteroatoms. The highest BCUT2D eigenvalue weighted by molar-refractivity contribution is 5.85. The lowest BCUT2D eigenvalue weighted by atomic mass is 9.75. The van der Waals surface area contributed by atoms with Crippen molar-refractivity contribution in [3.63, 3.8) is 0 Å². The fraction of sp³-hybridized carbons (Fsp3) is 0.882. The fourth-order valence-corrected chi connectivity index (χ4v) is 3.11. The third-order valence-corrected chi connectivity index (χ3v) is 5.62.